The summed E-state index contributed by atoms with van der Waals surface area (Å²) in [6.07, 6.45) is -0.604. The van der Waals surface area contributed by atoms with E-state index in [1.165, 1.54) is 32.6 Å². The molecule has 1 heterocycles. The largest absolute Gasteiger partial charge is 0.391 e. The van der Waals surface area contributed by atoms with E-state index in [-0.39, 0.29) is 25.3 Å². The average Bonchev–Trinajstić information content (AvgIpc) is 3.57. The molecular formula is C34H60N10O10. The number of amides is 9. The fraction of sp³-hybridized carbons (Fsp3) is 0.735. The molecule has 1 fully saturated rings. The molecule has 20 heteroatoms. The van der Waals surface area contributed by atoms with Gasteiger partial charge in [0, 0.05) is 6.54 Å². The standard InChI is InChI=1S/C34H60N10O10/c1-9-16(4)25(42-30(50)22(13-15(2)3)41-29(49)21(35)14-24(36)46)32(52)43-26(20(8)45)33(53)40-19(7)34(54)44-12-10-11-23(44)31(51)39-18(6)28(48)38-17(5)27(37)47/h15-23,25-26,45H,9-14,35H2,1-8H3,(H2,36,46)(H2,37,47)(H,38,48)(H,39,51)(H,40,53)(H,41,49)(H,42,50)(H,43,52)/t16-,17-,18-,19-,20+,21-,22-,23-,25-,26-/m0/s1. The summed E-state index contributed by atoms with van der Waals surface area (Å²) in [6, 6.07) is -9.44. The Morgan fingerprint density at radius 1 is 0.704 bits per heavy atom. The van der Waals surface area contributed by atoms with Crippen LogP contribution >= 0.6 is 0 Å². The predicted octanol–water partition coefficient (Wildman–Crippen LogP) is -3.89. The molecule has 1 saturated heterocycles. The van der Waals surface area contributed by atoms with Crippen LogP contribution in [0.15, 0.2) is 0 Å². The van der Waals surface area contributed by atoms with E-state index in [0.29, 0.717) is 12.8 Å². The van der Waals surface area contributed by atoms with Gasteiger partial charge in [0.2, 0.25) is 53.2 Å². The fourth-order valence-corrected chi connectivity index (χ4v) is 5.60. The molecule has 1 rings (SSSR count). The SMILES string of the molecule is CC[C@H](C)[C@H](NC(=O)[C@H](CC(C)C)NC(=O)[C@@H](N)CC(N)=O)C(=O)N[C@H](C(=O)N[C@@H](C)C(=O)N1CCC[C@H]1C(=O)N[C@@H](C)C(=O)N[C@@H](C)C(N)=O)[C@@H](C)O. The van der Waals surface area contributed by atoms with Gasteiger partial charge in [-0.2, -0.15) is 0 Å². The van der Waals surface area contributed by atoms with Gasteiger partial charge >= 0.3 is 0 Å². The summed E-state index contributed by atoms with van der Waals surface area (Å²) >= 11 is 0. The van der Waals surface area contributed by atoms with E-state index in [4.69, 9.17) is 17.2 Å². The second kappa shape index (κ2) is 21.8. The third-order valence-corrected chi connectivity index (χ3v) is 9.06. The highest BCUT2D eigenvalue weighted by molar-refractivity contribution is 5.98. The molecule has 0 bridgehead atoms. The maximum atomic E-state index is 13.6. The molecule has 13 N–H and O–H groups in total. The first-order chi connectivity index (χ1) is 25.0. The number of carbonyl (C=O) groups is 9. The van der Waals surface area contributed by atoms with Crippen LogP contribution in [0.3, 0.4) is 0 Å². The van der Waals surface area contributed by atoms with E-state index in [0.717, 1.165) is 0 Å². The molecule has 20 nitrogen and oxygen atoms in total. The van der Waals surface area contributed by atoms with Crippen molar-refractivity contribution >= 4 is 53.2 Å². The molecule has 0 saturated carbocycles. The number of nitrogens with two attached hydrogens (primary N) is 3. The number of carbonyl (C=O) groups excluding carboxylic acids is 9. The summed E-state index contributed by atoms with van der Waals surface area (Å²) in [5, 5.41) is 25.5. The first-order valence-electron chi connectivity index (χ1n) is 18.2. The van der Waals surface area contributed by atoms with Gasteiger partial charge in [-0.05, 0) is 58.8 Å². The molecule has 0 spiro atoms. The number of aliphatic hydroxyl groups is 1. The topological polar surface area (TPSA) is 327 Å². The van der Waals surface area contributed by atoms with Crippen LogP contribution in [-0.4, -0.2) is 124 Å². The van der Waals surface area contributed by atoms with E-state index >= 15 is 0 Å². The number of rotatable bonds is 21. The van der Waals surface area contributed by atoms with Crippen LogP contribution < -0.4 is 49.1 Å². The Balaban J connectivity index is 3.06. The minimum Gasteiger partial charge on any atom is -0.391 e. The number of nitrogens with one attached hydrogen (secondary N) is 6. The zero-order valence-corrected chi connectivity index (χ0v) is 32.4. The summed E-state index contributed by atoms with van der Waals surface area (Å²) in [4.78, 5) is 116. The molecule has 1 aliphatic heterocycles. The second-order valence-electron chi connectivity index (χ2n) is 14.3. The van der Waals surface area contributed by atoms with Crippen molar-refractivity contribution in [1.29, 1.82) is 0 Å². The van der Waals surface area contributed by atoms with Gasteiger partial charge in [-0.3, -0.25) is 43.2 Å². The zero-order valence-electron chi connectivity index (χ0n) is 32.4. The summed E-state index contributed by atoms with van der Waals surface area (Å²) in [6.45, 7) is 12.7. The van der Waals surface area contributed by atoms with Crippen molar-refractivity contribution in [2.45, 2.75) is 142 Å². The number of aliphatic hydroxyl groups excluding tert-OH is 1. The lowest BCUT2D eigenvalue weighted by molar-refractivity contribution is -0.142. The molecule has 9 amide bonds. The van der Waals surface area contributed by atoms with Gasteiger partial charge < -0.3 is 59.1 Å². The van der Waals surface area contributed by atoms with Gasteiger partial charge in [-0.25, -0.2) is 0 Å². The predicted molar refractivity (Wildman–Crippen MR) is 195 cm³/mol. The number of likely N-dealkylation sites (tertiary alicyclic amines) is 1. The molecule has 0 aliphatic carbocycles. The molecule has 54 heavy (non-hydrogen) atoms. The summed E-state index contributed by atoms with van der Waals surface area (Å²) in [5.41, 5.74) is 16.1. The van der Waals surface area contributed by atoms with Crippen LogP contribution in [0, 0.1) is 11.8 Å². The molecule has 306 valence electrons. The smallest absolute Gasteiger partial charge is 0.245 e. The first-order valence-corrected chi connectivity index (χ1v) is 18.2. The van der Waals surface area contributed by atoms with Crippen molar-refractivity contribution in [1.82, 2.24) is 36.8 Å². The highest BCUT2D eigenvalue weighted by atomic mass is 16.3. The lowest BCUT2D eigenvalue weighted by atomic mass is 9.96. The van der Waals surface area contributed by atoms with E-state index in [1.54, 1.807) is 13.8 Å². The van der Waals surface area contributed by atoms with Crippen molar-refractivity contribution in [3.63, 3.8) is 0 Å². The van der Waals surface area contributed by atoms with Crippen LogP contribution in [0.2, 0.25) is 0 Å². The van der Waals surface area contributed by atoms with E-state index in [9.17, 15) is 48.3 Å². The lowest BCUT2D eigenvalue weighted by Gasteiger charge is -2.31. The molecule has 0 unspecified atom stereocenters. The molecular weight excluding hydrogens is 708 g/mol. The Kier molecular flexibility index (Phi) is 19.0. The van der Waals surface area contributed by atoms with Crippen molar-refractivity contribution in [3.05, 3.63) is 0 Å². The molecule has 0 radical (unpaired) electrons. The monoisotopic (exact) mass is 768 g/mol. The number of primary amides is 2. The number of nitrogens with zero attached hydrogens (tertiary/aromatic N) is 1. The van der Waals surface area contributed by atoms with Crippen molar-refractivity contribution in [3.8, 4) is 0 Å². The van der Waals surface area contributed by atoms with Crippen LogP contribution in [0.5, 0.6) is 0 Å². The fourth-order valence-electron chi connectivity index (χ4n) is 5.60. The van der Waals surface area contributed by atoms with Crippen LogP contribution in [-0.2, 0) is 43.2 Å². The van der Waals surface area contributed by atoms with Crippen molar-refractivity contribution in [2.24, 2.45) is 29.0 Å². The molecule has 0 aromatic heterocycles. The Hall–Kier alpha value is -4.85. The second-order valence-corrected chi connectivity index (χ2v) is 14.3. The molecule has 0 aromatic carbocycles. The van der Waals surface area contributed by atoms with E-state index in [2.05, 4.69) is 31.9 Å². The Labute approximate surface area is 315 Å². The third kappa shape index (κ3) is 14.5. The van der Waals surface area contributed by atoms with Crippen LogP contribution in [0.25, 0.3) is 0 Å². The van der Waals surface area contributed by atoms with Crippen LogP contribution in [0.4, 0.5) is 0 Å². The Bertz CT molecular complexity index is 1390. The van der Waals surface area contributed by atoms with E-state index in [1.807, 2.05) is 13.8 Å². The van der Waals surface area contributed by atoms with Gasteiger partial charge in [-0.1, -0.05) is 34.1 Å². The average molecular weight is 769 g/mol. The van der Waals surface area contributed by atoms with Gasteiger partial charge in [0.25, 0.3) is 0 Å². The Morgan fingerprint density at radius 3 is 1.78 bits per heavy atom. The van der Waals surface area contributed by atoms with Gasteiger partial charge in [0.1, 0.15) is 42.3 Å². The molecule has 10 atom stereocenters. The van der Waals surface area contributed by atoms with Gasteiger partial charge in [0.05, 0.1) is 18.6 Å². The Morgan fingerprint density at radius 2 is 1.26 bits per heavy atom. The van der Waals surface area contributed by atoms with Crippen LogP contribution in [0.1, 0.15) is 87.5 Å². The number of hydrogen-bond acceptors (Lipinski definition) is 11. The zero-order chi connectivity index (χ0) is 41.6. The van der Waals surface area contributed by atoms with E-state index < -0.39 is 120 Å². The molecule has 0 aromatic rings. The first kappa shape index (κ1) is 47.2. The summed E-state index contributed by atoms with van der Waals surface area (Å²) in [5.74, 6) is -7.30. The van der Waals surface area contributed by atoms with Crippen molar-refractivity contribution in [2.75, 3.05) is 6.54 Å². The minimum atomic E-state index is -1.58. The summed E-state index contributed by atoms with van der Waals surface area (Å²) < 4.78 is 0. The maximum absolute atomic E-state index is 13.6. The van der Waals surface area contributed by atoms with Gasteiger partial charge in [-0.15, -0.1) is 0 Å². The maximum Gasteiger partial charge on any atom is 0.245 e. The highest BCUT2D eigenvalue weighted by Gasteiger charge is 2.39. The highest BCUT2D eigenvalue weighted by Crippen LogP contribution is 2.19. The quantitative estimate of drug-likeness (QED) is 0.0538. The third-order valence-electron chi connectivity index (χ3n) is 9.06. The van der Waals surface area contributed by atoms with Crippen molar-refractivity contribution < 1.29 is 48.3 Å². The normalized spacial score (nSPS) is 19.0. The van der Waals surface area contributed by atoms with Gasteiger partial charge in [0.15, 0.2) is 0 Å². The minimum absolute atomic E-state index is 0.0870. The number of hydrogen-bond donors (Lipinski definition) is 10. The summed E-state index contributed by atoms with van der Waals surface area (Å²) in [7, 11) is 0. The lowest BCUT2D eigenvalue weighted by Crippen LogP contribution is -2.62. The molecule has 1 aliphatic rings.